The molecule has 2 rings (SSSR count). The van der Waals surface area contributed by atoms with Crippen LogP contribution >= 0.6 is 0 Å². The van der Waals surface area contributed by atoms with Gasteiger partial charge < -0.3 is 5.73 Å². The van der Waals surface area contributed by atoms with Crippen LogP contribution in [0, 0.1) is 0 Å². The fourth-order valence-electron chi connectivity index (χ4n) is 1.38. The zero-order chi connectivity index (χ0) is 11.5. The van der Waals surface area contributed by atoms with Gasteiger partial charge in [-0.1, -0.05) is 13.8 Å². The molecule has 6 heteroatoms. The summed E-state index contributed by atoms with van der Waals surface area (Å²) in [6, 6.07) is 0. The van der Waals surface area contributed by atoms with Crippen LogP contribution in [0.1, 0.15) is 31.3 Å². The van der Waals surface area contributed by atoms with E-state index in [1.54, 1.807) is 17.2 Å². The van der Waals surface area contributed by atoms with Crippen molar-refractivity contribution in [1.29, 1.82) is 0 Å². The zero-order valence-corrected chi connectivity index (χ0v) is 9.33. The van der Waals surface area contributed by atoms with Crippen molar-refractivity contribution in [3.05, 3.63) is 30.4 Å². The van der Waals surface area contributed by atoms with Crippen molar-refractivity contribution in [2.75, 3.05) is 0 Å². The van der Waals surface area contributed by atoms with Crippen LogP contribution in [0.25, 0.3) is 5.69 Å². The summed E-state index contributed by atoms with van der Waals surface area (Å²) in [5.74, 6) is 1.08. The maximum Gasteiger partial charge on any atom is 0.138 e. The summed E-state index contributed by atoms with van der Waals surface area (Å²) in [6.07, 6.45) is 4.81. The van der Waals surface area contributed by atoms with E-state index in [1.807, 2.05) is 13.8 Å². The van der Waals surface area contributed by atoms with Gasteiger partial charge in [0.2, 0.25) is 0 Å². The summed E-state index contributed by atoms with van der Waals surface area (Å²) in [5.41, 5.74) is 7.24. The molecule has 0 saturated carbocycles. The number of nitrogens with zero attached hydrogens (tertiary/aromatic N) is 5. The van der Waals surface area contributed by atoms with Gasteiger partial charge in [0, 0.05) is 12.5 Å². The van der Waals surface area contributed by atoms with Gasteiger partial charge in [0.1, 0.15) is 24.2 Å². The molecule has 0 aliphatic carbocycles. The lowest BCUT2D eigenvalue weighted by Crippen LogP contribution is -2.11. The highest BCUT2D eigenvalue weighted by Crippen LogP contribution is 2.14. The minimum Gasteiger partial charge on any atom is -0.325 e. The molecular formula is C10H14N6. The lowest BCUT2D eigenvalue weighted by atomic mass is 10.2. The minimum atomic E-state index is 0.287. The average Bonchev–Trinajstić information content (AvgIpc) is 2.81. The number of hydrogen-bond acceptors (Lipinski definition) is 5. The predicted molar refractivity (Wildman–Crippen MR) is 58.9 cm³/mol. The van der Waals surface area contributed by atoms with Gasteiger partial charge in [-0.3, -0.25) is 0 Å². The van der Waals surface area contributed by atoms with Crippen LogP contribution in [0.2, 0.25) is 0 Å². The number of hydrogen-bond donors (Lipinski definition) is 1. The quantitative estimate of drug-likeness (QED) is 0.817. The fourth-order valence-corrected chi connectivity index (χ4v) is 1.38. The predicted octanol–water partition coefficient (Wildman–Crippen LogP) is 0.639. The Hall–Kier alpha value is -1.82. The molecule has 0 atom stereocenters. The molecule has 0 amide bonds. The molecule has 0 aromatic carbocycles. The van der Waals surface area contributed by atoms with Gasteiger partial charge in [0.25, 0.3) is 0 Å². The zero-order valence-electron chi connectivity index (χ0n) is 9.33. The lowest BCUT2D eigenvalue weighted by Gasteiger charge is -2.09. The van der Waals surface area contributed by atoms with Crippen molar-refractivity contribution in [2.45, 2.75) is 26.3 Å². The molecule has 6 nitrogen and oxygen atoms in total. The third-order valence-corrected chi connectivity index (χ3v) is 2.24. The molecular weight excluding hydrogens is 204 g/mol. The second kappa shape index (κ2) is 4.36. The first-order valence-corrected chi connectivity index (χ1v) is 5.13. The maximum absolute atomic E-state index is 5.67. The van der Waals surface area contributed by atoms with Gasteiger partial charge in [-0.05, 0) is 0 Å². The van der Waals surface area contributed by atoms with E-state index >= 15 is 0 Å². The fraction of sp³-hybridized carbons (Fsp3) is 0.400. The Bertz CT molecular complexity index is 462. The first-order chi connectivity index (χ1) is 7.72. The molecule has 2 aromatic rings. The minimum absolute atomic E-state index is 0.287. The molecule has 16 heavy (non-hydrogen) atoms. The monoisotopic (exact) mass is 218 g/mol. The molecule has 0 aliphatic heterocycles. The van der Waals surface area contributed by atoms with Crippen molar-refractivity contribution < 1.29 is 0 Å². The Labute approximate surface area is 93.6 Å². The van der Waals surface area contributed by atoms with E-state index in [0.717, 1.165) is 17.2 Å². The molecule has 0 fully saturated rings. The molecule has 2 aromatic heterocycles. The van der Waals surface area contributed by atoms with Crippen LogP contribution in [-0.4, -0.2) is 24.7 Å². The largest absolute Gasteiger partial charge is 0.325 e. The highest BCUT2D eigenvalue weighted by molar-refractivity contribution is 5.33. The van der Waals surface area contributed by atoms with E-state index in [1.165, 1.54) is 6.33 Å². The standard InChI is InChI=1S/C10H14N6/c1-7(2)10-13-4-9(8(3-11)15-10)16-6-12-5-14-16/h4-7H,3,11H2,1-2H3. The Morgan fingerprint density at radius 3 is 2.81 bits per heavy atom. The third kappa shape index (κ3) is 1.92. The number of rotatable bonds is 3. The molecule has 0 saturated heterocycles. The first-order valence-electron chi connectivity index (χ1n) is 5.13. The van der Waals surface area contributed by atoms with Crippen LogP contribution in [0.3, 0.4) is 0 Å². The van der Waals surface area contributed by atoms with E-state index < -0.39 is 0 Å². The van der Waals surface area contributed by atoms with Gasteiger partial charge in [0.15, 0.2) is 0 Å². The summed E-state index contributed by atoms with van der Waals surface area (Å²) >= 11 is 0. The Morgan fingerprint density at radius 1 is 1.44 bits per heavy atom. The smallest absolute Gasteiger partial charge is 0.138 e. The molecule has 0 bridgehead atoms. The molecule has 84 valence electrons. The topological polar surface area (TPSA) is 82.5 Å². The Morgan fingerprint density at radius 2 is 2.25 bits per heavy atom. The van der Waals surface area contributed by atoms with Crippen molar-refractivity contribution in [1.82, 2.24) is 24.7 Å². The Balaban J connectivity index is 2.47. The van der Waals surface area contributed by atoms with E-state index in [4.69, 9.17) is 5.73 Å². The average molecular weight is 218 g/mol. The SMILES string of the molecule is CC(C)c1ncc(-n2cncn2)c(CN)n1. The maximum atomic E-state index is 5.67. The van der Waals surface area contributed by atoms with Gasteiger partial charge in [-0.15, -0.1) is 0 Å². The van der Waals surface area contributed by atoms with Crippen molar-refractivity contribution in [3.63, 3.8) is 0 Å². The van der Waals surface area contributed by atoms with Crippen molar-refractivity contribution in [2.24, 2.45) is 5.73 Å². The summed E-state index contributed by atoms with van der Waals surface area (Å²) in [5, 5.41) is 4.04. The molecule has 0 unspecified atom stereocenters. The van der Waals surface area contributed by atoms with E-state index in [0.29, 0.717) is 6.54 Å². The van der Waals surface area contributed by atoms with Crippen LogP contribution in [0.4, 0.5) is 0 Å². The second-order valence-electron chi connectivity index (χ2n) is 3.76. The first kappa shape index (κ1) is 10.7. The lowest BCUT2D eigenvalue weighted by molar-refractivity contribution is 0.737. The highest BCUT2D eigenvalue weighted by atomic mass is 15.3. The molecule has 0 spiro atoms. The van der Waals surface area contributed by atoms with E-state index in [2.05, 4.69) is 20.1 Å². The second-order valence-corrected chi connectivity index (χ2v) is 3.76. The Kier molecular flexibility index (Phi) is 2.91. The van der Waals surface area contributed by atoms with Crippen LogP contribution < -0.4 is 5.73 Å². The van der Waals surface area contributed by atoms with Gasteiger partial charge in [0.05, 0.1) is 11.9 Å². The summed E-state index contributed by atoms with van der Waals surface area (Å²) in [4.78, 5) is 12.6. The normalized spacial score (nSPS) is 11.0. The molecule has 0 radical (unpaired) electrons. The number of aromatic nitrogens is 5. The van der Waals surface area contributed by atoms with Crippen LogP contribution in [-0.2, 0) is 6.54 Å². The molecule has 2 heterocycles. The van der Waals surface area contributed by atoms with Gasteiger partial charge in [-0.25, -0.2) is 19.6 Å². The van der Waals surface area contributed by atoms with E-state index in [9.17, 15) is 0 Å². The van der Waals surface area contributed by atoms with Gasteiger partial charge >= 0.3 is 0 Å². The molecule has 2 N–H and O–H groups in total. The van der Waals surface area contributed by atoms with Crippen molar-refractivity contribution >= 4 is 0 Å². The summed E-state index contributed by atoms with van der Waals surface area (Å²) < 4.78 is 1.62. The van der Waals surface area contributed by atoms with Crippen molar-refractivity contribution in [3.8, 4) is 5.69 Å². The summed E-state index contributed by atoms with van der Waals surface area (Å²) in [6.45, 7) is 4.45. The number of nitrogens with two attached hydrogens (primary N) is 1. The van der Waals surface area contributed by atoms with Crippen LogP contribution in [0.5, 0.6) is 0 Å². The summed E-state index contributed by atoms with van der Waals surface area (Å²) in [7, 11) is 0. The highest BCUT2D eigenvalue weighted by Gasteiger charge is 2.10. The third-order valence-electron chi connectivity index (χ3n) is 2.24. The van der Waals surface area contributed by atoms with Gasteiger partial charge in [-0.2, -0.15) is 5.10 Å². The van der Waals surface area contributed by atoms with Crippen LogP contribution in [0.15, 0.2) is 18.9 Å². The molecule has 0 aliphatic rings. The van der Waals surface area contributed by atoms with E-state index in [-0.39, 0.29) is 5.92 Å².